The molecule has 0 saturated carbocycles. The van der Waals surface area contributed by atoms with E-state index in [1.54, 1.807) is 13.3 Å². The van der Waals surface area contributed by atoms with Crippen molar-refractivity contribution in [3.8, 4) is 5.75 Å². The maximum absolute atomic E-state index is 6.16. The summed E-state index contributed by atoms with van der Waals surface area (Å²) in [6.45, 7) is 2.56. The molecule has 18 heavy (non-hydrogen) atoms. The average molecular weight is 263 g/mol. The predicted octanol–water partition coefficient (Wildman–Crippen LogP) is 3.66. The molecule has 3 nitrogen and oxygen atoms in total. The Kier molecular flexibility index (Phi) is 4.05. The lowest BCUT2D eigenvalue weighted by Crippen LogP contribution is -2.02. The van der Waals surface area contributed by atoms with Gasteiger partial charge in [0.25, 0.3) is 0 Å². The van der Waals surface area contributed by atoms with E-state index < -0.39 is 0 Å². The Morgan fingerprint density at radius 1 is 1.28 bits per heavy atom. The first-order valence-corrected chi connectivity index (χ1v) is 6.06. The number of ether oxygens (including phenoxy) is 1. The number of aryl methyl sites for hydroxylation is 1. The first kappa shape index (κ1) is 12.7. The molecule has 1 N–H and O–H groups in total. The largest absolute Gasteiger partial charge is 0.496 e. The summed E-state index contributed by atoms with van der Waals surface area (Å²) in [5.74, 6) is 0.787. The fraction of sp³-hybridized carbons (Fsp3) is 0.214. The molecule has 1 aromatic heterocycles. The van der Waals surface area contributed by atoms with Crippen LogP contribution in [0.4, 0.5) is 5.69 Å². The summed E-state index contributed by atoms with van der Waals surface area (Å²) in [6.07, 6.45) is 1.80. The molecule has 2 rings (SSSR count). The van der Waals surface area contributed by atoms with Crippen molar-refractivity contribution in [2.24, 2.45) is 0 Å². The van der Waals surface area contributed by atoms with Crippen molar-refractivity contribution in [2.45, 2.75) is 13.5 Å². The third-order valence-electron chi connectivity index (χ3n) is 2.68. The number of hydrogen-bond donors (Lipinski definition) is 1. The number of methoxy groups -OCH3 is 1. The molecule has 0 unspecified atom stereocenters. The molecule has 0 aliphatic heterocycles. The van der Waals surface area contributed by atoms with E-state index >= 15 is 0 Å². The van der Waals surface area contributed by atoms with Gasteiger partial charge >= 0.3 is 0 Å². The molecule has 0 aliphatic carbocycles. The number of rotatable bonds is 4. The number of aromatic nitrogens is 1. The van der Waals surface area contributed by atoms with Crippen LogP contribution in [0.3, 0.4) is 0 Å². The molecule has 1 heterocycles. The zero-order chi connectivity index (χ0) is 13.0. The lowest BCUT2D eigenvalue weighted by atomic mass is 10.2. The van der Waals surface area contributed by atoms with E-state index in [0.29, 0.717) is 11.6 Å². The Morgan fingerprint density at radius 2 is 2.11 bits per heavy atom. The molecule has 4 heteroatoms. The van der Waals surface area contributed by atoms with Crippen molar-refractivity contribution < 1.29 is 4.74 Å². The minimum atomic E-state index is 0.605. The Labute approximate surface area is 112 Å². The van der Waals surface area contributed by atoms with Gasteiger partial charge in [0, 0.05) is 22.8 Å². The number of hydrogen-bond acceptors (Lipinski definition) is 3. The van der Waals surface area contributed by atoms with Gasteiger partial charge < -0.3 is 10.1 Å². The Bertz CT molecular complexity index is 526. The van der Waals surface area contributed by atoms with Crippen LogP contribution < -0.4 is 10.1 Å². The predicted molar refractivity (Wildman–Crippen MR) is 74.3 cm³/mol. The topological polar surface area (TPSA) is 34.1 Å². The second-order valence-corrected chi connectivity index (χ2v) is 4.37. The lowest BCUT2D eigenvalue weighted by Gasteiger charge is -2.12. The summed E-state index contributed by atoms with van der Waals surface area (Å²) in [5.41, 5.74) is 2.90. The van der Waals surface area contributed by atoms with Crippen molar-refractivity contribution >= 4 is 17.3 Å². The molecule has 0 saturated heterocycles. The first-order chi connectivity index (χ1) is 8.70. The summed E-state index contributed by atoms with van der Waals surface area (Å²) < 4.78 is 5.29. The van der Waals surface area contributed by atoms with Crippen molar-refractivity contribution in [3.05, 3.63) is 52.8 Å². The van der Waals surface area contributed by atoms with E-state index in [1.807, 2.05) is 37.3 Å². The van der Waals surface area contributed by atoms with E-state index in [1.165, 1.54) is 0 Å². The van der Waals surface area contributed by atoms with Crippen LogP contribution in [-0.2, 0) is 6.54 Å². The normalized spacial score (nSPS) is 10.2. The molecule has 0 spiro atoms. The summed E-state index contributed by atoms with van der Waals surface area (Å²) in [5, 5.41) is 3.97. The molecular formula is C14H15ClN2O. The molecule has 0 radical (unpaired) electrons. The maximum Gasteiger partial charge on any atom is 0.125 e. The van der Waals surface area contributed by atoms with Gasteiger partial charge in [0.05, 0.1) is 19.0 Å². The van der Waals surface area contributed by atoms with Gasteiger partial charge in [-0.3, -0.25) is 4.98 Å². The van der Waals surface area contributed by atoms with Gasteiger partial charge in [-0.1, -0.05) is 17.7 Å². The van der Waals surface area contributed by atoms with Crippen LogP contribution in [0.1, 0.15) is 11.3 Å². The van der Waals surface area contributed by atoms with E-state index in [-0.39, 0.29) is 0 Å². The fourth-order valence-electron chi connectivity index (χ4n) is 1.66. The quantitative estimate of drug-likeness (QED) is 0.913. The second-order valence-electron chi connectivity index (χ2n) is 3.96. The van der Waals surface area contributed by atoms with Crippen LogP contribution in [-0.4, -0.2) is 12.1 Å². The Balaban J connectivity index is 2.12. The Hall–Kier alpha value is -1.74. The van der Waals surface area contributed by atoms with Gasteiger partial charge in [-0.05, 0) is 31.2 Å². The van der Waals surface area contributed by atoms with Crippen molar-refractivity contribution in [3.63, 3.8) is 0 Å². The van der Waals surface area contributed by atoms with Crippen LogP contribution in [0.2, 0.25) is 5.02 Å². The SMILES string of the molecule is COc1cccc(Cl)c1CNc1ccc(C)nc1. The first-order valence-electron chi connectivity index (χ1n) is 5.68. The van der Waals surface area contributed by atoms with Gasteiger partial charge in [-0.15, -0.1) is 0 Å². The average Bonchev–Trinajstić information content (AvgIpc) is 2.39. The summed E-state index contributed by atoms with van der Waals surface area (Å²) in [4.78, 5) is 4.23. The second kappa shape index (κ2) is 5.74. The highest BCUT2D eigenvalue weighted by Crippen LogP contribution is 2.26. The van der Waals surface area contributed by atoms with Gasteiger partial charge in [0.2, 0.25) is 0 Å². The summed E-state index contributed by atoms with van der Waals surface area (Å²) in [6, 6.07) is 9.58. The van der Waals surface area contributed by atoms with Gasteiger partial charge in [0.15, 0.2) is 0 Å². The smallest absolute Gasteiger partial charge is 0.125 e. The van der Waals surface area contributed by atoms with Crippen molar-refractivity contribution in [2.75, 3.05) is 12.4 Å². The van der Waals surface area contributed by atoms with Crippen LogP contribution in [0.15, 0.2) is 36.5 Å². The number of nitrogens with zero attached hydrogens (tertiary/aromatic N) is 1. The lowest BCUT2D eigenvalue weighted by molar-refractivity contribution is 0.410. The molecule has 0 amide bonds. The number of anilines is 1. The number of nitrogens with one attached hydrogen (secondary N) is 1. The fourth-order valence-corrected chi connectivity index (χ4v) is 1.90. The third-order valence-corrected chi connectivity index (χ3v) is 3.03. The van der Waals surface area contributed by atoms with Gasteiger partial charge in [-0.2, -0.15) is 0 Å². The summed E-state index contributed by atoms with van der Waals surface area (Å²) >= 11 is 6.16. The molecule has 94 valence electrons. The van der Waals surface area contributed by atoms with E-state index in [2.05, 4.69) is 10.3 Å². The molecule has 0 atom stereocenters. The van der Waals surface area contributed by atoms with Gasteiger partial charge in [0.1, 0.15) is 5.75 Å². The molecule has 2 aromatic rings. The zero-order valence-electron chi connectivity index (χ0n) is 10.4. The van der Waals surface area contributed by atoms with Crippen LogP contribution >= 0.6 is 11.6 Å². The highest BCUT2D eigenvalue weighted by molar-refractivity contribution is 6.31. The highest BCUT2D eigenvalue weighted by atomic mass is 35.5. The molecule has 0 fully saturated rings. The van der Waals surface area contributed by atoms with E-state index in [4.69, 9.17) is 16.3 Å². The van der Waals surface area contributed by atoms with E-state index in [0.717, 1.165) is 22.7 Å². The number of halogens is 1. The minimum absolute atomic E-state index is 0.605. The third kappa shape index (κ3) is 2.93. The number of pyridine rings is 1. The van der Waals surface area contributed by atoms with Crippen molar-refractivity contribution in [1.29, 1.82) is 0 Å². The molecule has 0 bridgehead atoms. The van der Waals surface area contributed by atoms with Crippen LogP contribution in [0, 0.1) is 6.92 Å². The van der Waals surface area contributed by atoms with Crippen LogP contribution in [0.25, 0.3) is 0 Å². The van der Waals surface area contributed by atoms with Crippen LogP contribution in [0.5, 0.6) is 5.75 Å². The minimum Gasteiger partial charge on any atom is -0.496 e. The highest BCUT2D eigenvalue weighted by Gasteiger charge is 2.07. The number of benzene rings is 1. The van der Waals surface area contributed by atoms with Crippen molar-refractivity contribution in [1.82, 2.24) is 4.98 Å². The maximum atomic E-state index is 6.16. The molecular weight excluding hydrogens is 248 g/mol. The van der Waals surface area contributed by atoms with Gasteiger partial charge in [-0.25, -0.2) is 0 Å². The summed E-state index contributed by atoms with van der Waals surface area (Å²) in [7, 11) is 1.64. The standard InChI is InChI=1S/C14H15ClN2O/c1-10-6-7-11(8-16-10)17-9-12-13(15)4-3-5-14(12)18-2/h3-8,17H,9H2,1-2H3. The zero-order valence-corrected chi connectivity index (χ0v) is 11.2. The molecule has 0 aliphatic rings. The Morgan fingerprint density at radius 3 is 2.78 bits per heavy atom. The molecule has 1 aromatic carbocycles. The monoisotopic (exact) mass is 262 g/mol. The van der Waals surface area contributed by atoms with E-state index in [9.17, 15) is 0 Å².